The van der Waals surface area contributed by atoms with Crippen molar-refractivity contribution >= 4 is 34.5 Å². The zero-order valence-electron chi connectivity index (χ0n) is 14.8. The molecule has 1 saturated carbocycles. The van der Waals surface area contributed by atoms with Gasteiger partial charge in [0.05, 0.1) is 12.3 Å². The Labute approximate surface area is 157 Å². The molecule has 0 bridgehead atoms. The summed E-state index contributed by atoms with van der Waals surface area (Å²) in [5.41, 5.74) is 7.48. The van der Waals surface area contributed by atoms with Crippen molar-refractivity contribution in [2.24, 2.45) is 11.1 Å². The van der Waals surface area contributed by atoms with Crippen LogP contribution in [0.1, 0.15) is 44.1 Å². The van der Waals surface area contributed by atoms with Crippen molar-refractivity contribution in [1.29, 1.82) is 0 Å². The molecule has 1 aliphatic heterocycles. The van der Waals surface area contributed by atoms with Crippen LogP contribution in [0, 0.1) is 5.41 Å². The number of carbonyl (C=O) groups excluding carboxylic acids is 3. The summed E-state index contributed by atoms with van der Waals surface area (Å²) in [5.74, 6) is 0.0546. The third-order valence-corrected chi connectivity index (χ3v) is 6.16. The second kappa shape index (κ2) is 8.22. The largest absolute Gasteiger partial charge is 0.330 e. The Balaban J connectivity index is 1.56. The van der Waals surface area contributed by atoms with Crippen LogP contribution in [0.3, 0.4) is 0 Å². The van der Waals surface area contributed by atoms with Crippen LogP contribution in [0.2, 0.25) is 0 Å². The molecular formula is C19H25N3O3S. The molecule has 2 fully saturated rings. The lowest BCUT2D eigenvalue weighted by Crippen LogP contribution is -2.36. The van der Waals surface area contributed by atoms with E-state index in [0.29, 0.717) is 13.0 Å². The van der Waals surface area contributed by atoms with E-state index in [4.69, 9.17) is 5.73 Å². The third-order valence-electron chi connectivity index (χ3n) is 5.30. The van der Waals surface area contributed by atoms with Crippen molar-refractivity contribution in [1.82, 2.24) is 4.90 Å². The number of hydrogen-bond acceptors (Lipinski definition) is 5. The van der Waals surface area contributed by atoms with Crippen molar-refractivity contribution in [2.45, 2.75) is 45.1 Å². The molecule has 0 atom stereocenters. The lowest BCUT2D eigenvalue weighted by molar-refractivity contribution is -0.125. The van der Waals surface area contributed by atoms with Gasteiger partial charge in [-0.05, 0) is 42.5 Å². The first-order valence-electron chi connectivity index (χ1n) is 9.07. The Morgan fingerprint density at radius 2 is 1.85 bits per heavy atom. The summed E-state index contributed by atoms with van der Waals surface area (Å²) in [7, 11) is 0. The number of amides is 3. The summed E-state index contributed by atoms with van der Waals surface area (Å²) in [5, 5.41) is 2.74. The predicted molar refractivity (Wildman–Crippen MR) is 103 cm³/mol. The van der Waals surface area contributed by atoms with Crippen LogP contribution in [0.15, 0.2) is 24.3 Å². The quantitative estimate of drug-likeness (QED) is 0.797. The topological polar surface area (TPSA) is 92.5 Å². The molecule has 1 aromatic rings. The highest BCUT2D eigenvalue weighted by atomic mass is 32.2. The highest BCUT2D eigenvalue weighted by molar-refractivity contribution is 8.14. The molecule has 0 unspecified atom stereocenters. The Kier molecular flexibility index (Phi) is 5.98. The number of imide groups is 1. The summed E-state index contributed by atoms with van der Waals surface area (Å²) in [6.45, 7) is 0.824. The minimum atomic E-state index is -0.202. The highest BCUT2D eigenvalue weighted by Crippen LogP contribution is 2.38. The fraction of sp³-hybridized carbons (Fsp3) is 0.526. The van der Waals surface area contributed by atoms with Crippen LogP contribution in [0.4, 0.5) is 10.5 Å². The van der Waals surface area contributed by atoms with E-state index in [9.17, 15) is 14.4 Å². The molecule has 1 aromatic carbocycles. The lowest BCUT2D eigenvalue weighted by Gasteiger charge is -2.35. The van der Waals surface area contributed by atoms with Crippen molar-refractivity contribution < 1.29 is 14.4 Å². The molecule has 140 valence electrons. The maximum absolute atomic E-state index is 12.4. The minimum Gasteiger partial charge on any atom is -0.330 e. The molecule has 0 radical (unpaired) electrons. The Bertz CT molecular complexity index is 668. The average Bonchev–Trinajstić information content (AvgIpc) is 2.96. The van der Waals surface area contributed by atoms with Gasteiger partial charge in [0.1, 0.15) is 0 Å². The van der Waals surface area contributed by atoms with Crippen LogP contribution in [0.5, 0.6) is 0 Å². The molecule has 0 spiro atoms. The summed E-state index contributed by atoms with van der Waals surface area (Å²) < 4.78 is 0. The lowest BCUT2D eigenvalue weighted by atomic mass is 9.71. The Hall–Kier alpha value is -1.86. The number of nitrogens with zero attached hydrogens (tertiary/aromatic N) is 1. The van der Waals surface area contributed by atoms with E-state index in [0.717, 1.165) is 48.7 Å². The van der Waals surface area contributed by atoms with Gasteiger partial charge >= 0.3 is 0 Å². The molecular weight excluding hydrogens is 350 g/mol. The number of thioether (sulfide) groups is 1. The molecule has 1 aliphatic carbocycles. The summed E-state index contributed by atoms with van der Waals surface area (Å²) in [6, 6.07) is 7.28. The Morgan fingerprint density at radius 1 is 1.15 bits per heavy atom. The monoisotopic (exact) mass is 375 g/mol. The van der Waals surface area contributed by atoms with Crippen LogP contribution >= 0.6 is 11.8 Å². The van der Waals surface area contributed by atoms with E-state index < -0.39 is 0 Å². The first kappa shape index (κ1) is 18.9. The minimum absolute atomic E-state index is 0.00796. The standard InChI is InChI=1S/C19H25N3O3S/c20-13-19(8-2-1-3-9-19)10-16(23)21-15-6-4-14(5-7-15)11-22-17(24)12-26-18(22)25/h4-7H,1-3,8-13,20H2,(H,21,23). The van der Waals surface area contributed by atoms with Gasteiger partial charge in [-0.25, -0.2) is 0 Å². The van der Waals surface area contributed by atoms with Crippen LogP contribution in [0.25, 0.3) is 0 Å². The van der Waals surface area contributed by atoms with E-state index in [-0.39, 0.29) is 34.8 Å². The van der Waals surface area contributed by atoms with Crippen molar-refractivity contribution in [2.75, 3.05) is 17.6 Å². The number of rotatable bonds is 6. The predicted octanol–water partition coefficient (Wildman–Crippen LogP) is 3.12. The van der Waals surface area contributed by atoms with E-state index in [1.165, 1.54) is 11.3 Å². The zero-order valence-corrected chi connectivity index (χ0v) is 15.6. The number of nitrogens with one attached hydrogen (secondary N) is 1. The van der Waals surface area contributed by atoms with Crippen LogP contribution in [-0.2, 0) is 16.1 Å². The fourth-order valence-corrected chi connectivity index (χ4v) is 4.44. The second-order valence-corrected chi connectivity index (χ2v) is 8.15. The molecule has 6 nitrogen and oxygen atoms in total. The second-order valence-electron chi connectivity index (χ2n) is 7.22. The maximum Gasteiger partial charge on any atom is 0.289 e. The molecule has 7 heteroatoms. The molecule has 3 N–H and O–H groups in total. The van der Waals surface area contributed by atoms with Gasteiger partial charge in [-0.1, -0.05) is 43.2 Å². The molecule has 26 heavy (non-hydrogen) atoms. The van der Waals surface area contributed by atoms with Crippen molar-refractivity contribution in [3.63, 3.8) is 0 Å². The van der Waals surface area contributed by atoms with E-state index in [1.807, 2.05) is 12.1 Å². The van der Waals surface area contributed by atoms with Gasteiger partial charge < -0.3 is 11.1 Å². The van der Waals surface area contributed by atoms with Gasteiger partial charge in [-0.15, -0.1) is 0 Å². The molecule has 3 amide bonds. The first-order chi connectivity index (χ1) is 12.5. The van der Waals surface area contributed by atoms with Gasteiger partial charge in [0, 0.05) is 12.1 Å². The highest BCUT2D eigenvalue weighted by Gasteiger charge is 2.33. The first-order valence-corrected chi connectivity index (χ1v) is 10.1. The molecule has 0 aromatic heterocycles. The molecule has 1 saturated heterocycles. The van der Waals surface area contributed by atoms with Gasteiger partial charge in [0.2, 0.25) is 11.8 Å². The van der Waals surface area contributed by atoms with Crippen LogP contribution < -0.4 is 11.1 Å². The normalized spacial score (nSPS) is 19.7. The average molecular weight is 375 g/mol. The van der Waals surface area contributed by atoms with Crippen molar-refractivity contribution in [3.05, 3.63) is 29.8 Å². The van der Waals surface area contributed by atoms with Gasteiger partial charge in [0.15, 0.2) is 0 Å². The third kappa shape index (κ3) is 4.45. The molecule has 3 rings (SSSR count). The van der Waals surface area contributed by atoms with E-state index >= 15 is 0 Å². The van der Waals surface area contributed by atoms with Gasteiger partial charge in [-0.2, -0.15) is 0 Å². The number of anilines is 1. The van der Waals surface area contributed by atoms with Gasteiger partial charge in [-0.3, -0.25) is 19.3 Å². The van der Waals surface area contributed by atoms with Crippen LogP contribution in [-0.4, -0.2) is 34.3 Å². The molecule has 1 heterocycles. The number of benzene rings is 1. The number of hydrogen-bond donors (Lipinski definition) is 2. The SMILES string of the molecule is NCC1(CC(=O)Nc2ccc(CN3C(=O)CSC3=O)cc2)CCCCC1. The summed E-state index contributed by atoms with van der Waals surface area (Å²) >= 11 is 1.03. The Morgan fingerprint density at radius 3 is 2.42 bits per heavy atom. The zero-order chi connectivity index (χ0) is 18.6. The summed E-state index contributed by atoms with van der Waals surface area (Å²) in [4.78, 5) is 37.0. The smallest absolute Gasteiger partial charge is 0.289 e. The summed E-state index contributed by atoms with van der Waals surface area (Å²) in [6.07, 6.45) is 6.01. The number of carbonyl (C=O) groups is 3. The van der Waals surface area contributed by atoms with E-state index in [2.05, 4.69) is 5.32 Å². The molecule has 2 aliphatic rings. The van der Waals surface area contributed by atoms with Gasteiger partial charge in [0.25, 0.3) is 5.24 Å². The fourth-order valence-electron chi connectivity index (χ4n) is 3.71. The number of nitrogens with two attached hydrogens (primary N) is 1. The van der Waals surface area contributed by atoms with Crippen molar-refractivity contribution in [3.8, 4) is 0 Å². The maximum atomic E-state index is 12.4. The van der Waals surface area contributed by atoms with E-state index in [1.54, 1.807) is 12.1 Å².